The molecule has 0 spiro atoms. The van der Waals surface area contributed by atoms with Crippen molar-refractivity contribution >= 4 is 15.9 Å². The standard InChI is InChI=1S/C12H18BrNO/c1-4-11-7-10(8-14(2)9-13)5-6-12(11)15-3/h5-7H,4,8-9H2,1-3H3. The molecular weight excluding hydrogens is 254 g/mol. The zero-order chi connectivity index (χ0) is 11.3. The molecule has 1 aromatic carbocycles. The van der Waals surface area contributed by atoms with Gasteiger partial charge >= 0.3 is 0 Å². The molecule has 0 aliphatic heterocycles. The average molecular weight is 272 g/mol. The first-order valence-electron chi connectivity index (χ1n) is 5.11. The van der Waals surface area contributed by atoms with E-state index in [9.17, 15) is 0 Å². The SMILES string of the molecule is CCc1cc(CN(C)CBr)ccc1OC. The van der Waals surface area contributed by atoms with Gasteiger partial charge in [0.15, 0.2) is 0 Å². The van der Waals surface area contributed by atoms with Gasteiger partial charge in [0.05, 0.1) is 12.6 Å². The van der Waals surface area contributed by atoms with Gasteiger partial charge in [-0.3, -0.25) is 4.90 Å². The minimum atomic E-state index is 0.889. The fourth-order valence-electron chi connectivity index (χ4n) is 1.56. The Morgan fingerprint density at radius 2 is 2.13 bits per heavy atom. The number of hydrogen-bond acceptors (Lipinski definition) is 2. The molecule has 0 saturated heterocycles. The van der Waals surface area contributed by atoms with Crippen LogP contribution in [0.15, 0.2) is 18.2 Å². The molecule has 1 aromatic rings. The Hall–Kier alpha value is -0.540. The Morgan fingerprint density at radius 3 is 2.67 bits per heavy atom. The maximum Gasteiger partial charge on any atom is 0.122 e. The van der Waals surface area contributed by atoms with Crippen LogP contribution in [-0.2, 0) is 13.0 Å². The van der Waals surface area contributed by atoms with Crippen molar-refractivity contribution in [2.24, 2.45) is 0 Å². The predicted octanol–water partition coefficient (Wildman–Crippen LogP) is 3.04. The first-order chi connectivity index (χ1) is 7.21. The molecule has 0 amide bonds. The molecule has 3 heteroatoms. The van der Waals surface area contributed by atoms with E-state index in [0.29, 0.717) is 0 Å². The van der Waals surface area contributed by atoms with Gasteiger partial charge in [-0.1, -0.05) is 35.0 Å². The highest BCUT2D eigenvalue weighted by Gasteiger charge is 2.04. The lowest BCUT2D eigenvalue weighted by atomic mass is 10.1. The number of aryl methyl sites for hydroxylation is 1. The minimum absolute atomic E-state index is 0.889. The van der Waals surface area contributed by atoms with Crippen LogP contribution in [0.2, 0.25) is 0 Å². The van der Waals surface area contributed by atoms with Gasteiger partial charge in [-0.05, 0) is 30.7 Å². The van der Waals surface area contributed by atoms with Gasteiger partial charge < -0.3 is 4.74 Å². The third kappa shape index (κ3) is 3.50. The summed E-state index contributed by atoms with van der Waals surface area (Å²) in [6.07, 6.45) is 1.01. The Kier molecular flexibility index (Phi) is 5.12. The molecule has 0 aromatic heterocycles. The fraction of sp³-hybridized carbons (Fsp3) is 0.500. The number of methoxy groups -OCH3 is 1. The highest BCUT2D eigenvalue weighted by molar-refractivity contribution is 9.09. The summed E-state index contributed by atoms with van der Waals surface area (Å²) in [5, 5.41) is 0. The van der Waals surface area contributed by atoms with Crippen LogP contribution in [0, 0.1) is 0 Å². The topological polar surface area (TPSA) is 12.5 Å². The molecule has 15 heavy (non-hydrogen) atoms. The lowest BCUT2D eigenvalue weighted by Gasteiger charge is -2.14. The summed E-state index contributed by atoms with van der Waals surface area (Å²) in [6.45, 7) is 3.11. The fourth-order valence-corrected chi connectivity index (χ4v) is 1.74. The molecule has 2 nitrogen and oxygen atoms in total. The van der Waals surface area contributed by atoms with Gasteiger partial charge in [0.2, 0.25) is 0 Å². The highest BCUT2D eigenvalue weighted by atomic mass is 79.9. The molecule has 0 heterocycles. The first kappa shape index (κ1) is 12.5. The number of alkyl halides is 1. The van der Waals surface area contributed by atoms with E-state index in [2.05, 4.69) is 53.0 Å². The van der Waals surface area contributed by atoms with Gasteiger partial charge in [0.25, 0.3) is 0 Å². The highest BCUT2D eigenvalue weighted by Crippen LogP contribution is 2.21. The normalized spacial score (nSPS) is 10.7. The summed E-state index contributed by atoms with van der Waals surface area (Å²) in [4.78, 5) is 2.21. The summed E-state index contributed by atoms with van der Waals surface area (Å²) in [7, 11) is 3.81. The third-order valence-electron chi connectivity index (χ3n) is 2.38. The van der Waals surface area contributed by atoms with Gasteiger partial charge in [0, 0.05) is 6.54 Å². The monoisotopic (exact) mass is 271 g/mol. The zero-order valence-corrected chi connectivity index (χ0v) is 11.2. The van der Waals surface area contributed by atoms with Crippen LogP contribution in [-0.4, -0.2) is 24.5 Å². The number of ether oxygens (including phenoxy) is 1. The molecule has 0 fully saturated rings. The summed E-state index contributed by atoms with van der Waals surface area (Å²) in [5.41, 5.74) is 3.49. The van der Waals surface area contributed by atoms with Crippen molar-refractivity contribution in [3.63, 3.8) is 0 Å². The van der Waals surface area contributed by atoms with Crippen LogP contribution in [0.3, 0.4) is 0 Å². The van der Waals surface area contributed by atoms with Crippen molar-refractivity contribution in [2.45, 2.75) is 19.9 Å². The quantitative estimate of drug-likeness (QED) is 0.603. The van der Waals surface area contributed by atoms with Gasteiger partial charge in [-0.2, -0.15) is 0 Å². The van der Waals surface area contributed by atoms with E-state index >= 15 is 0 Å². The molecule has 0 saturated carbocycles. The van der Waals surface area contributed by atoms with Gasteiger partial charge in [-0.25, -0.2) is 0 Å². The number of halogens is 1. The average Bonchev–Trinajstić information content (AvgIpc) is 2.28. The Morgan fingerprint density at radius 1 is 1.40 bits per heavy atom. The van der Waals surface area contributed by atoms with Crippen LogP contribution in [0.25, 0.3) is 0 Å². The lowest BCUT2D eigenvalue weighted by Crippen LogP contribution is -2.15. The van der Waals surface area contributed by atoms with E-state index in [-0.39, 0.29) is 0 Å². The summed E-state index contributed by atoms with van der Waals surface area (Å²) < 4.78 is 5.30. The largest absolute Gasteiger partial charge is 0.496 e. The van der Waals surface area contributed by atoms with Crippen molar-refractivity contribution in [3.05, 3.63) is 29.3 Å². The smallest absolute Gasteiger partial charge is 0.122 e. The molecule has 0 aliphatic rings. The summed E-state index contributed by atoms with van der Waals surface area (Å²) >= 11 is 3.44. The summed E-state index contributed by atoms with van der Waals surface area (Å²) in [5.74, 6) is 0.989. The molecule has 0 N–H and O–H groups in total. The molecule has 0 atom stereocenters. The van der Waals surface area contributed by atoms with Crippen molar-refractivity contribution in [1.29, 1.82) is 0 Å². The molecule has 0 aliphatic carbocycles. The van der Waals surface area contributed by atoms with Crippen molar-refractivity contribution < 1.29 is 4.74 Å². The van der Waals surface area contributed by atoms with Crippen LogP contribution < -0.4 is 4.74 Å². The molecule has 84 valence electrons. The van der Waals surface area contributed by atoms with E-state index in [1.807, 2.05) is 0 Å². The maximum atomic E-state index is 5.30. The van der Waals surface area contributed by atoms with E-state index in [1.54, 1.807) is 7.11 Å². The van der Waals surface area contributed by atoms with E-state index in [0.717, 1.165) is 24.2 Å². The number of hydrogen-bond donors (Lipinski definition) is 0. The van der Waals surface area contributed by atoms with Crippen LogP contribution in [0.5, 0.6) is 5.75 Å². The van der Waals surface area contributed by atoms with Gasteiger partial charge in [-0.15, -0.1) is 0 Å². The molecular formula is C12H18BrNO. The predicted molar refractivity (Wildman–Crippen MR) is 67.6 cm³/mol. The van der Waals surface area contributed by atoms with Crippen LogP contribution >= 0.6 is 15.9 Å². The number of nitrogens with zero attached hydrogens (tertiary/aromatic N) is 1. The molecule has 0 radical (unpaired) electrons. The summed E-state index contributed by atoms with van der Waals surface area (Å²) in [6, 6.07) is 6.39. The van der Waals surface area contributed by atoms with Crippen LogP contribution in [0.4, 0.5) is 0 Å². The Bertz CT molecular complexity index is 314. The van der Waals surface area contributed by atoms with E-state index in [1.165, 1.54) is 11.1 Å². The Labute approximate surface area is 100 Å². The first-order valence-corrected chi connectivity index (χ1v) is 6.23. The molecule has 1 rings (SSSR count). The lowest BCUT2D eigenvalue weighted by molar-refractivity contribution is 0.387. The van der Waals surface area contributed by atoms with Gasteiger partial charge in [0.1, 0.15) is 5.75 Å². The molecule has 0 bridgehead atoms. The third-order valence-corrected chi connectivity index (χ3v) is 3.24. The second kappa shape index (κ2) is 6.13. The molecule has 0 unspecified atom stereocenters. The van der Waals surface area contributed by atoms with E-state index in [4.69, 9.17) is 4.74 Å². The number of benzene rings is 1. The van der Waals surface area contributed by atoms with E-state index < -0.39 is 0 Å². The van der Waals surface area contributed by atoms with Crippen LogP contribution in [0.1, 0.15) is 18.1 Å². The van der Waals surface area contributed by atoms with Crippen molar-refractivity contribution in [2.75, 3.05) is 19.6 Å². The Balaban J connectivity index is 2.83. The second-order valence-electron chi connectivity index (χ2n) is 3.63. The number of rotatable bonds is 5. The maximum absolute atomic E-state index is 5.30. The minimum Gasteiger partial charge on any atom is -0.496 e. The van der Waals surface area contributed by atoms with Crippen molar-refractivity contribution in [3.8, 4) is 5.75 Å². The van der Waals surface area contributed by atoms with Crippen molar-refractivity contribution in [1.82, 2.24) is 4.90 Å². The zero-order valence-electron chi connectivity index (χ0n) is 9.59. The second-order valence-corrected chi connectivity index (χ2v) is 4.13.